The molecule has 4 rings (SSSR count). The summed E-state index contributed by atoms with van der Waals surface area (Å²) in [5.74, 6) is -0.621. The summed E-state index contributed by atoms with van der Waals surface area (Å²) < 4.78 is 45.8. The number of carbonyl (C=O) groups is 4. The molecule has 1 aromatic heterocycles. The third kappa shape index (κ3) is 8.73. The Morgan fingerprint density at radius 1 is 1.20 bits per heavy atom. The highest BCUT2D eigenvalue weighted by atomic mass is 19.1. The van der Waals surface area contributed by atoms with E-state index < -0.39 is 23.7 Å². The Morgan fingerprint density at radius 2 is 1.93 bits per heavy atom. The maximum absolute atomic E-state index is 14.5. The van der Waals surface area contributed by atoms with E-state index in [4.69, 9.17) is 28.4 Å². The summed E-state index contributed by atoms with van der Waals surface area (Å²) in [7, 11) is 2.90. The van der Waals surface area contributed by atoms with Gasteiger partial charge in [-0.1, -0.05) is 6.42 Å². The van der Waals surface area contributed by atoms with Crippen LogP contribution in [0.1, 0.15) is 65.7 Å². The normalized spacial score (nSPS) is 17.7. The number of esters is 2. The number of anilines is 3. The van der Waals surface area contributed by atoms with Gasteiger partial charge in [0, 0.05) is 13.7 Å². The Labute approximate surface area is 266 Å². The van der Waals surface area contributed by atoms with E-state index in [1.54, 1.807) is 4.90 Å². The maximum atomic E-state index is 14.5. The number of methoxy groups -OCH3 is 2. The van der Waals surface area contributed by atoms with Crippen molar-refractivity contribution in [3.8, 4) is 0 Å². The van der Waals surface area contributed by atoms with Crippen LogP contribution in [0.3, 0.4) is 0 Å². The second kappa shape index (κ2) is 14.9. The molecule has 16 heteroatoms. The molecule has 1 aromatic rings. The van der Waals surface area contributed by atoms with Crippen LogP contribution in [0.4, 0.5) is 26.5 Å². The minimum atomic E-state index is -1.34. The topological polar surface area (TPSA) is 177 Å². The maximum Gasteiger partial charge on any atom is 0.413 e. The number of hydrogen-bond donors (Lipinski definition) is 2. The number of ether oxygens (including phenoxy) is 6. The highest BCUT2D eigenvalue weighted by Gasteiger charge is 2.51. The zero-order valence-electron chi connectivity index (χ0n) is 26.8. The molecule has 0 bridgehead atoms. The molecule has 1 atom stereocenters. The highest BCUT2D eigenvalue weighted by Crippen LogP contribution is 2.58. The Bertz CT molecular complexity index is 1330. The Kier molecular flexibility index (Phi) is 11.2. The number of aromatic nitrogens is 2. The standard InChI is InChI=1S/C30H42FN5O10/c1-18(41-4)21(45-17-37)15-43-22(38)13-29(2,3)46-28(40)34-24-23-25(35-27(31)33-24)36(16-32-23)10-7-20(42-5)14-44-26(39)19-11-30(12-19)8-6-9-30/h17,19-20,32H,6-16H2,1-5H3,(H,33,34,35,40)/b21-18-. The van der Waals surface area contributed by atoms with E-state index in [1.807, 2.05) is 0 Å². The van der Waals surface area contributed by atoms with Crippen molar-refractivity contribution < 1.29 is 52.0 Å². The van der Waals surface area contributed by atoms with Crippen molar-refractivity contribution >= 4 is 41.8 Å². The highest BCUT2D eigenvalue weighted by molar-refractivity contribution is 5.92. The second-order valence-corrected chi connectivity index (χ2v) is 12.4. The van der Waals surface area contributed by atoms with Crippen LogP contribution in [-0.2, 0) is 42.8 Å². The fourth-order valence-electron chi connectivity index (χ4n) is 5.78. The third-order valence-corrected chi connectivity index (χ3v) is 8.59. The van der Waals surface area contributed by atoms with Gasteiger partial charge in [-0.2, -0.15) is 14.4 Å². The van der Waals surface area contributed by atoms with Gasteiger partial charge in [0.05, 0.1) is 32.2 Å². The largest absolute Gasteiger partial charge is 0.498 e. The summed E-state index contributed by atoms with van der Waals surface area (Å²) in [6, 6.07) is 0. The van der Waals surface area contributed by atoms with Crippen LogP contribution in [0.2, 0.25) is 0 Å². The predicted octanol–water partition coefficient (Wildman–Crippen LogP) is 3.65. The Balaban J connectivity index is 1.26. The smallest absolute Gasteiger partial charge is 0.413 e. The molecular formula is C30H42FN5O10. The lowest BCUT2D eigenvalue weighted by Crippen LogP contribution is -2.46. The van der Waals surface area contributed by atoms with Crippen LogP contribution in [0.5, 0.6) is 0 Å². The number of nitrogens with one attached hydrogen (secondary N) is 2. The Morgan fingerprint density at radius 3 is 2.57 bits per heavy atom. The SMILES string of the molecule is CO/C(C)=C(/COC(=O)CC(C)(C)OC(=O)Nc1nc(F)nc2c1NCN2CCC(COC(=O)C1CC2(CCC2)C1)OC)OC=O. The lowest BCUT2D eigenvalue weighted by Gasteiger charge is -2.53. The van der Waals surface area contributed by atoms with Crippen LogP contribution >= 0.6 is 0 Å². The molecule has 2 aliphatic carbocycles. The number of carbonyl (C=O) groups excluding carboxylic acids is 4. The van der Waals surface area contributed by atoms with Crippen molar-refractivity contribution in [3.63, 3.8) is 0 Å². The van der Waals surface area contributed by atoms with E-state index in [1.165, 1.54) is 54.3 Å². The first kappa shape index (κ1) is 34.7. The molecule has 46 heavy (non-hydrogen) atoms. The first-order valence-electron chi connectivity index (χ1n) is 15.1. The molecule has 3 aliphatic rings. The van der Waals surface area contributed by atoms with E-state index >= 15 is 0 Å². The number of fused-ring (bicyclic) bond motifs is 1. The van der Waals surface area contributed by atoms with Gasteiger partial charge in [0.25, 0.3) is 6.47 Å². The van der Waals surface area contributed by atoms with Gasteiger partial charge in [0.2, 0.25) is 0 Å². The third-order valence-electron chi connectivity index (χ3n) is 8.59. The van der Waals surface area contributed by atoms with Crippen molar-refractivity contribution in [2.45, 2.75) is 77.4 Å². The van der Waals surface area contributed by atoms with Crippen LogP contribution < -0.4 is 15.5 Å². The Hall–Kier alpha value is -4.21. The fraction of sp³-hybridized carbons (Fsp3) is 0.667. The molecule has 1 unspecified atom stereocenters. The zero-order valence-corrected chi connectivity index (χ0v) is 26.8. The average Bonchev–Trinajstić information content (AvgIpc) is 3.35. The number of rotatable bonds is 16. The minimum Gasteiger partial charge on any atom is -0.498 e. The first-order valence-corrected chi connectivity index (χ1v) is 15.1. The number of allylic oxidation sites excluding steroid dienone is 1. The molecule has 0 aromatic carbocycles. The van der Waals surface area contributed by atoms with Crippen LogP contribution in [0.25, 0.3) is 0 Å². The summed E-state index contributed by atoms with van der Waals surface area (Å²) in [5, 5.41) is 5.46. The predicted molar refractivity (Wildman–Crippen MR) is 160 cm³/mol. The summed E-state index contributed by atoms with van der Waals surface area (Å²) in [5.41, 5.74) is -0.668. The van der Waals surface area contributed by atoms with E-state index in [0.717, 1.165) is 12.8 Å². The molecule has 0 saturated heterocycles. The summed E-state index contributed by atoms with van der Waals surface area (Å²) >= 11 is 0. The molecule has 2 N–H and O–H groups in total. The van der Waals surface area contributed by atoms with Gasteiger partial charge in [-0.25, -0.2) is 4.79 Å². The van der Waals surface area contributed by atoms with E-state index in [0.29, 0.717) is 18.4 Å². The summed E-state index contributed by atoms with van der Waals surface area (Å²) in [6.07, 6.45) is 3.15. The molecule has 15 nitrogen and oxygen atoms in total. The zero-order chi connectivity index (χ0) is 33.5. The lowest BCUT2D eigenvalue weighted by atomic mass is 9.52. The van der Waals surface area contributed by atoms with E-state index in [-0.39, 0.29) is 79.6 Å². The van der Waals surface area contributed by atoms with Gasteiger partial charge in [-0.05, 0) is 58.3 Å². The quantitative estimate of drug-likeness (QED) is 0.0870. The van der Waals surface area contributed by atoms with Gasteiger partial charge in [-0.15, -0.1) is 0 Å². The number of halogens is 1. The van der Waals surface area contributed by atoms with E-state index in [2.05, 4.69) is 20.6 Å². The number of amides is 1. The fourth-order valence-corrected chi connectivity index (χ4v) is 5.78. The minimum absolute atomic E-state index is 0.00942. The van der Waals surface area contributed by atoms with Gasteiger partial charge in [0.1, 0.15) is 23.7 Å². The monoisotopic (exact) mass is 651 g/mol. The second-order valence-electron chi connectivity index (χ2n) is 12.4. The van der Waals surface area contributed by atoms with Crippen molar-refractivity contribution in [1.29, 1.82) is 0 Å². The van der Waals surface area contributed by atoms with Gasteiger partial charge in [-0.3, -0.25) is 19.7 Å². The molecule has 0 radical (unpaired) electrons. The number of nitrogens with zero attached hydrogens (tertiary/aromatic N) is 3. The molecule has 2 fully saturated rings. The van der Waals surface area contributed by atoms with Crippen molar-refractivity contribution in [2.24, 2.45) is 11.3 Å². The summed E-state index contributed by atoms with van der Waals surface area (Å²) in [4.78, 5) is 57.6. The molecule has 1 aliphatic heterocycles. The first-order chi connectivity index (χ1) is 21.9. The van der Waals surface area contributed by atoms with E-state index in [9.17, 15) is 23.6 Å². The van der Waals surface area contributed by atoms with Gasteiger partial charge >= 0.3 is 24.1 Å². The molecule has 1 spiro atoms. The molecular weight excluding hydrogens is 609 g/mol. The van der Waals surface area contributed by atoms with Crippen molar-refractivity contribution in [1.82, 2.24) is 9.97 Å². The van der Waals surface area contributed by atoms with Gasteiger partial charge < -0.3 is 38.6 Å². The molecule has 1 amide bonds. The average molecular weight is 652 g/mol. The van der Waals surface area contributed by atoms with Crippen molar-refractivity contribution in [3.05, 3.63) is 17.6 Å². The summed E-state index contributed by atoms with van der Waals surface area (Å²) in [6.45, 7) is 5.06. The molecule has 254 valence electrons. The number of hydrogen-bond acceptors (Lipinski definition) is 14. The van der Waals surface area contributed by atoms with Crippen LogP contribution in [0.15, 0.2) is 11.5 Å². The molecule has 2 saturated carbocycles. The van der Waals surface area contributed by atoms with Crippen molar-refractivity contribution in [2.75, 3.05) is 56.2 Å². The molecule has 2 heterocycles. The van der Waals surface area contributed by atoms with Crippen LogP contribution in [-0.4, -0.2) is 86.8 Å². The van der Waals surface area contributed by atoms with Crippen LogP contribution in [0, 0.1) is 17.4 Å². The lowest BCUT2D eigenvalue weighted by molar-refractivity contribution is -0.164. The van der Waals surface area contributed by atoms with Gasteiger partial charge in [0.15, 0.2) is 24.0 Å².